The summed E-state index contributed by atoms with van der Waals surface area (Å²) in [6.45, 7) is 2.15. The van der Waals surface area contributed by atoms with Gasteiger partial charge < -0.3 is 20.5 Å². The number of carboxylic acid groups (broad SMARTS) is 1. The van der Waals surface area contributed by atoms with E-state index >= 15 is 0 Å². The maximum atomic E-state index is 12.8. The fourth-order valence-electron chi connectivity index (χ4n) is 4.71. The van der Waals surface area contributed by atoms with Crippen molar-refractivity contribution in [1.82, 2.24) is 10.6 Å². The lowest BCUT2D eigenvalue weighted by Gasteiger charge is -2.39. The average molecular weight is 451 g/mol. The van der Waals surface area contributed by atoms with Gasteiger partial charge in [0.05, 0.1) is 0 Å². The maximum Gasteiger partial charge on any atom is 0.407 e. The summed E-state index contributed by atoms with van der Waals surface area (Å²) in [6, 6.07) is 15.3. The fourth-order valence-corrected chi connectivity index (χ4v) is 4.71. The van der Waals surface area contributed by atoms with Crippen LogP contribution in [-0.2, 0) is 14.3 Å². The summed E-state index contributed by atoms with van der Waals surface area (Å²) in [5.41, 5.74) is 3.29. The van der Waals surface area contributed by atoms with Gasteiger partial charge in [0.1, 0.15) is 18.2 Å². The summed E-state index contributed by atoms with van der Waals surface area (Å²) >= 11 is 0. The number of alkyl carbamates (subject to hydrolysis) is 1. The van der Waals surface area contributed by atoms with Gasteiger partial charge in [-0.25, -0.2) is 9.59 Å². The van der Waals surface area contributed by atoms with E-state index in [0.717, 1.165) is 41.5 Å². The van der Waals surface area contributed by atoms with Crippen LogP contribution in [0, 0.1) is 0 Å². The molecule has 0 aromatic heterocycles. The second-order valence-corrected chi connectivity index (χ2v) is 8.89. The fraction of sp³-hybridized carbons (Fsp3) is 0.423. The number of ether oxygens (including phenoxy) is 1. The zero-order chi connectivity index (χ0) is 23.4. The summed E-state index contributed by atoms with van der Waals surface area (Å²) < 4.78 is 5.57. The lowest BCUT2D eigenvalue weighted by Crippen LogP contribution is -2.62. The number of amides is 2. The van der Waals surface area contributed by atoms with Crippen molar-refractivity contribution in [3.05, 3.63) is 59.7 Å². The summed E-state index contributed by atoms with van der Waals surface area (Å²) in [4.78, 5) is 37.1. The molecule has 0 bridgehead atoms. The number of rotatable bonds is 9. The van der Waals surface area contributed by atoms with Crippen LogP contribution in [0.5, 0.6) is 0 Å². The molecular weight excluding hydrogens is 420 g/mol. The molecule has 4 rings (SSSR count). The molecule has 0 radical (unpaired) electrons. The van der Waals surface area contributed by atoms with Crippen molar-refractivity contribution in [3.8, 4) is 11.1 Å². The normalized spacial score (nSPS) is 16.6. The monoisotopic (exact) mass is 450 g/mol. The number of hydrogen-bond acceptors (Lipinski definition) is 4. The quantitative estimate of drug-likeness (QED) is 0.531. The number of fused-ring (bicyclic) bond motifs is 3. The van der Waals surface area contributed by atoms with Crippen molar-refractivity contribution < 1.29 is 24.2 Å². The van der Waals surface area contributed by atoms with Crippen molar-refractivity contribution >= 4 is 18.0 Å². The van der Waals surface area contributed by atoms with Crippen LogP contribution in [0.1, 0.15) is 62.5 Å². The standard InChI is InChI=1S/C26H30N2O5/c1-2-3-13-22(23(29)28-26(24(30)31)14-8-15-26)27-25(32)33-16-21-19-11-6-4-9-17(19)18-10-5-7-12-20(18)21/h4-7,9-12,21-22H,2-3,8,13-16H2,1H3,(H,27,32)(H,28,29)(H,30,31)/t22-/m0/s1. The predicted octanol–water partition coefficient (Wildman–Crippen LogP) is 4.21. The average Bonchev–Trinajstić information content (AvgIpc) is 3.11. The third-order valence-electron chi connectivity index (χ3n) is 6.78. The van der Waals surface area contributed by atoms with E-state index in [-0.39, 0.29) is 12.5 Å². The van der Waals surface area contributed by atoms with Gasteiger partial charge >= 0.3 is 12.1 Å². The number of carboxylic acids is 1. The van der Waals surface area contributed by atoms with Gasteiger partial charge in [-0.3, -0.25) is 4.79 Å². The van der Waals surface area contributed by atoms with E-state index in [2.05, 4.69) is 22.8 Å². The van der Waals surface area contributed by atoms with Gasteiger partial charge in [0, 0.05) is 5.92 Å². The smallest absolute Gasteiger partial charge is 0.407 e. The van der Waals surface area contributed by atoms with Crippen molar-refractivity contribution in [2.24, 2.45) is 0 Å². The van der Waals surface area contributed by atoms with Crippen molar-refractivity contribution in [1.29, 1.82) is 0 Å². The Hall–Kier alpha value is -3.35. The molecule has 2 aromatic carbocycles. The summed E-state index contributed by atoms with van der Waals surface area (Å²) in [5, 5.41) is 14.8. The van der Waals surface area contributed by atoms with E-state index in [1.54, 1.807) is 0 Å². The van der Waals surface area contributed by atoms with E-state index in [1.165, 1.54) is 0 Å². The molecule has 1 atom stereocenters. The molecule has 0 saturated heterocycles. The van der Waals surface area contributed by atoms with Crippen molar-refractivity contribution in [2.45, 2.75) is 62.9 Å². The highest BCUT2D eigenvalue weighted by atomic mass is 16.5. The zero-order valence-corrected chi connectivity index (χ0v) is 18.8. The lowest BCUT2D eigenvalue weighted by atomic mass is 9.76. The van der Waals surface area contributed by atoms with Gasteiger partial charge in [-0.05, 0) is 47.9 Å². The molecule has 0 aliphatic heterocycles. The van der Waals surface area contributed by atoms with Crippen LogP contribution in [0.25, 0.3) is 11.1 Å². The Balaban J connectivity index is 1.41. The summed E-state index contributed by atoms with van der Waals surface area (Å²) in [5.74, 6) is -1.58. The topological polar surface area (TPSA) is 105 Å². The molecular formula is C26H30N2O5. The molecule has 33 heavy (non-hydrogen) atoms. The number of benzene rings is 2. The Morgan fingerprint density at radius 3 is 2.18 bits per heavy atom. The third-order valence-corrected chi connectivity index (χ3v) is 6.78. The molecule has 7 nitrogen and oxygen atoms in total. The molecule has 0 heterocycles. The highest BCUT2D eigenvalue weighted by Gasteiger charge is 2.46. The first kappa shape index (κ1) is 22.8. The first-order valence-electron chi connectivity index (χ1n) is 11.6. The minimum atomic E-state index is -1.22. The number of hydrogen-bond donors (Lipinski definition) is 3. The number of carbonyl (C=O) groups excluding carboxylic acids is 2. The van der Waals surface area contributed by atoms with E-state index < -0.39 is 29.6 Å². The Morgan fingerprint density at radius 2 is 1.67 bits per heavy atom. The second kappa shape index (κ2) is 9.65. The Bertz CT molecular complexity index is 1000. The summed E-state index contributed by atoms with van der Waals surface area (Å²) in [7, 11) is 0. The maximum absolute atomic E-state index is 12.8. The third kappa shape index (κ3) is 4.58. The highest BCUT2D eigenvalue weighted by molar-refractivity contribution is 5.91. The first-order valence-corrected chi connectivity index (χ1v) is 11.6. The molecule has 2 aromatic rings. The first-order chi connectivity index (χ1) is 15.9. The van der Waals surface area contributed by atoms with Gasteiger partial charge in [0.2, 0.25) is 5.91 Å². The van der Waals surface area contributed by atoms with Gasteiger partial charge in [0.25, 0.3) is 0 Å². The van der Waals surface area contributed by atoms with Crippen LogP contribution >= 0.6 is 0 Å². The van der Waals surface area contributed by atoms with Gasteiger partial charge in [0.15, 0.2) is 0 Å². The minimum Gasteiger partial charge on any atom is -0.480 e. The molecule has 1 saturated carbocycles. The van der Waals surface area contributed by atoms with Crippen LogP contribution in [-0.4, -0.2) is 41.3 Å². The van der Waals surface area contributed by atoms with E-state index in [0.29, 0.717) is 19.3 Å². The van der Waals surface area contributed by atoms with Crippen LogP contribution in [0.15, 0.2) is 48.5 Å². The number of unbranched alkanes of at least 4 members (excludes halogenated alkanes) is 1. The molecule has 2 aliphatic carbocycles. The number of nitrogens with one attached hydrogen (secondary N) is 2. The number of carbonyl (C=O) groups is 3. The lowest BCUT2D eigenvalue weighted by molar-refractivity contribution is -0.152. The largest absolute Gasteiger partial charge is 0.480 e. The second-order valence-electron chi connectivity index (χ2n) is 8.89. The summed E-state index contributed by atoms with van der Waals surface area (Å²) in [6.07, 6.45) is 2.88. The van der Waals surface area contributed by atoms with Crippen LogP contribution < -0.4 is 10.6 Å². The van der Waals surface area contributed by atoms with Crippen LogP contribution in [0.4, 0.5) is 4.79 Å². The van der Waals surface area contributed by atoms with Crippen LogP contribution in [0.3, 0.4) is 0 Å². The van der Waals surface area contributed by atoms with Gasteiger partial charge in [-0.15, -0.1) is 0 Å². The molecule has 2 amide bonds. The molecule has 3 N–H and O–H groups in total. The van der Waals surface area contributed by atoms with Gasteiger partial charge in [-0.1, -0.05) is 68.3 Å². The Morgan fingerprint density at radius 1 is 1.06 bits per heavy atom. The molecule has 7 heteroatoms. The van der Waals surface area contributed by atoms with Crippen molar-refractivity contribution in [2.75, 3.05) is 6.61 Å². The predicted molar refractivity (Wildman–Crippen MR) is 124 cm³/mol. The molecule has 0 unspecified atom stereocenters. The highest BCUT2D eigenvalue weighted by Crippen LogP contribution is 2.44. The number of aliphatic carboxylic acids is 1. The molecule has 0 spiro atoms. The molecule has 174 valence electrons. The van der Waals surface area contributed by atoms with Crippen molar-refractivity contribution in [3.63, 3.8) is 0 Å². The minimum absolute atomic E-state index is 0.0728. The molecule has 2 aliphatic rings. The molecule has 1 fully saturated rings. The Kier molecular flexibility index (Phi) is 6.67. The Labute approximate surface area is 193 Å². The van der Waals surface area contributed by atoms with E-state index in [1.807, 2.05) is 43.3 Å². The van der Waals surface area contributed by atoms with E-state index in [9.17, 15) is 19.5 Å². The van der Waals surface area contributed by atoms with Gasteiger partial charge in [-0.2, -0.15) is 0 Å². The van der Waals surface area contributed by atoms with Crippen LogP contribution in [0.2, 0.25) is 0 Å². The zero-order valence-electron chi connectivity index (χ0n) is 18.8. The SMILES string of the molecule is CCCC[C@H](NC(=O)OCC1c2ccccc2-c2ccccc21)C(=O)NC1(C(=O)O)CCC1. The van der Waals surface area contributed by atoms with E-state index in [4.69, 9.17) is 4.74 Å².